The first-order valence-electron chi connectivity index (χ1n) is 6.99. The second-order valence-corrected chi connectivity index (χ2v) is 5.95. The number of hydrogen-bond donors (Lipinski definition) is 1. The van der Waals surface area contributed by atoms with E-state index in [0.717, 1.165) is 29.0 Å². The van der Waals surface area contributed by atoms with Crippen molar-refractivity contribution in [1.29, 1.82) is 0 Å². The molecule has 1 heterocycles. The number of nitro benzene ring substituents is 1. The maximum atomic E-state index is 11.3. The third-order valence-electron chi connectivity index (χ3n) is 3.36. The summed E-state index contributed by atoms with van der Waals surface area (Å²) < 4.78 is 5.13. The maximum Gasteiger partial charge on any atom is 0.292 e. The van der Waals surface area contributed by atoms with Crippen LogP contribution in [0.25, 0.3) is 11.1 Å². The highest BCUT2D eigenvalue weighted by Crippen LogP contribution is 2.33. The third-order valence-corrected chi connectivity index (χ3v) is 4.05. The number of rotatable bonds is 7. The van der Waals surface area contributed by atoms with E-state index in [1.165, 1.54) is 0 Å². The summed E-state index contributed by atoms with van der Waals surface area (Å²) in [7, 11) is 0. The van der Waals surface area contributed by atoms with Crippen LogP contribution in [-0.4, -0.2) is 28.6 Å². The summed E-state index contributed by atoms with van der Waals surface area (Å²) in [5.74, 6) is 1.69. The summed E-state index contributed by atoms with van der Waals surface area (Å²) in [6.45, 7) is 4.34. The van der Waals surface area contributed by atoms with Crippen molar-refractivity contribution in [2.24, 2.45) is 0 Å². The molecule has 0 atom stereocenters. The van der Waals surface area contributed by atoms with Crippen molar-refractivity contribution in [2.75, 3.05) is 23.9 Å². The van der Waals surface area contributed by atoms with Gasteiger partial charge in [0.2, 0.25) is 0 Å². The Labute approximate surface area is 133 Å². The van der Waals surface area contributed by atoms with Crippen LogP contribution in [0.4, 0.5) is 11.4 Å². The number of nitrogens with one attached hydrogen (secondary N) is 1. The smallest absolute Gasteiger partial charge is 0.292 e. The van der Waals surface area contributed by atoms with Crippen molar-refractivity contribution >= 4 is 23.1 Å². The number of aromatic nitrogens is 1. The Morgan fingerprint density at radius 1 is 1.41 bits per heavy atom. The molecule has 0 amide bonds. The van der Waals surface area contributed by atoms with Crippen molar-refractivity contribution < 1.29 is 9.45 Å². The van der Waals surface area contributed by atoms with E-state index in [-0.39, 0.29) is 10.6 Å². The van der Waals surface area contributed by atoms with Gasteiger partial charge in [-0.15, -0.1) is 0 Å². The Bertz CT molecular complexity index is 651. The van der Waals surface area contributed by atoms with Crippen LogP contribution in [0.15, 0.2) is 22.7 Å². The molecule has 0 aliphatic rings. The summed E-state index contributed by atoms with van der Waals surface area (Å²) in [5.41, 5.74) is 2.91. The number of hydrogen-bond acceptors (Lipinski definition) is 6. The fourth-order valence-electron chi connectivity index (χ4n) is 2.32. The highest BCUT2D eigenvalue weighted by molar-refractivity contribution is 7.98. The number of nitro groups is 1. The molecule has 7 heteroatoms. The Kier molecular flexibility index (Phi) is 5.43. The molecule has 0 aliphatic heterocycles. The minimum Gasteiger partial charge on any atom is -0.379 e. The van der Waals surface area contributed by atoms with Gasteiger partial charge in [-0.1, -0.05) is 11.2 Å². The number of aryl methyl sites for hydroxylation is 2. The first-order chi connectivity index (χ1) is 10.5. The van der Waals surface area contributed by atoms with Crippen LogP contribution in [0.1, 0.15) is 17.9 Å². The fourth-order valence-corrected chi connectivity index (χ4v) is 2.76. The van der Waals surface area contributed by atoms with Crippen molar-refractivity contribution in [3.8, 4) is 11.1 Å². The molecule has 1 N–H and O–H groups in total. The SMILES string of the molecule is CSCCCNc1ccc(-c2c(C)noc2C)cc1[N+](=O)[O-]. The quantitative estimate of drug-likeness (QED) is 0.471. The number of thioether (sulfide) groups is 1. The minimum atomic E-state index is -0.363. The third kappa shape index (κ3) is 3.59. The molecule has 0 fully saturated rings. The monoisotopic (exact) mass is 321 g/mol. The topological polar surface area (TPSA) is 81.2 Å². The van der Waals surface area contributed by atoms with Crippen molar-refractivity contribution in [3.05, 3.63) is 39.8 Å². The van der Waals surface area contributed by atoms with Crippen molar-refractivity contribution in [3.63, 3.8) is 0 Å². The predicted molar refractivity (Wildman–Crippen MR) is 89.6 cm³/mol. The molecular weight excluding hydrogens is 302 g/mol. The largest absolute Gasteiger partial charge is 0.379 e. The molecule has 0 radical (unpaired) electrons. The van der Waals surface area contributed by atoms with E-state index in [0.29, 0.717) is 18.0 Å². The average molecular weight is 321 g/mol. The molecule has 118 valence electrons. The van der Waals surface area contributed by atoms with Crippen LogP contribution in [0.3, 0.4) is 0 Å². The van der Waals surface area contributed by atoms with Crippen LogP contribution >= 0.6 is 11.8 Å². The van der Waals surface area contributed by atoms with Gasteiger partial charge in [-0.25, -0.2) is 0 Å². The van der Waals surface area contributed by atoms with Gasteiger partial charge in [0.25, 0.3) is 5.69 Å². The van der Waals surface area contributed by atoms with Gasteiger partial charge in [-0.3, -0.25) is 10.1 Å². The van der Waals surface area contributed by atoms with Gasteiger partial charge in [-0.05, 0) is 43.9 Å². The molecular formula is C15H19N3O3S. The molecule has 2 aromatic rings. The highest BCUT2D eigenvalue weighted by Gasteiger charge is 2.18. The molecule has 0 spiro atoms. The summed E-state index contributed by atoms with van der Waals surface area (Å²) in [4.78, 5) is 11.0. The number of benzene rings is 1. The van der Waals surface area contributed by atoms with E-state index in [2.05, 4.69) is 10.5 Å². The lowest BCUT2D eigenvalue weighted by Gasteiger charge is -2.08. The van der Waals surface area contributed by atoms with E-state index in [9.17, 15) is 10.1 Å². The zero-order chi connectivity index (χ0) is 16.1. The Morgan fingerprint density at radius 2 is 2.18 bits per heavy atom. The predicted octanol–water partition coefficient (Wildman–Crippen LogP) is 4.03. The molecule has 0 saturated heterocycles. The molecule has 0 aliphatic carbocycles. The summed E-state index contributed by atoms with van der Waals surface area (Å²) >= 11 is 1.76. The van der Waals surface area contributed by atoms with Gasteiger partial charge in [0.15, 0.2) is 0 Å². The molecule has 0 saturated carbocycles. The van der Waals surface area contributed by atoms with Crippen molar-refractivity contribution in [1.82, 2.24) is 5.16 Å². The van der Waals surface area contributed by atoms with Gasteiger partial charge < -0.3 is 9.84 Å². The Balaban J connectivity index is 2.29. The number of anilines is 1. The highest BCUT2D eigenvalue weighted by atomic mass is 32.2. The lowest BCUT2D eigenvalue weighted by atomic mass is 10.0. The van der Waals surface area contributed by atoms with Gasteiger partial charge in [0.05, 0.1) is 10.6 Å². The average Bonchev–Trinajstić information content (AvgIpc) is 2.83. The van der Waals surface area contributed by atoms with Gasteiger partial charge >= 0.3 is 0 Å². The van der Waals surface area contributed by atoms with Crippen molar-refractivity contribution in [2.45, 2.75) is 20.3 Å². The zero-order valence-corrected chi connectivity index (χ0v) is 13.7. The van der Waals surface area contributed by atoms with Gasteiger partial charge in [0, 0.05) is 18.2 Å². The van der Waals surface area contributed by atoms with E-state index in [1.807, 2.05) is 19.2 Å². The van der Waals surface area contributed by atoms with Crippen LogP contribution < -0.4 is 5.32 Å². The lowest BCUT2D eigenvalue weighted by Crippen LogP contribution is -2.05. The van der Waals surface area contributed by atoms with E-state index < -0.39 is 0 Å². The van der Waals surface area contributed by atoms with Crippen LogP contribution in [-0.2, 0) is 0 Å². The van der Waals surface area contributed by atoms with Gasteiger partial charge in [-0.2, -0.15) is 11.8 Å². The summed E-state index contributed by atoms with van der Waals surface area (Å²) in [6, 6.07) is 5.18. The Morgan fingerprint density at radius 3 is 2.77 bits per heavy atom. The molecule has 22 heavy (non-hydrogen) atoms. The van der Waals surface area contributed by atoms with Crippen LogP contribution in [0.2, 0.25) is 0 Å². The van der Waals surface area contributed by atoms with E-state index in [4.69, 9.17) is 4.52 Å². The molecule has 0 bridgehead atoms. The second-order valence-electron chi connectivity index (χ2n) is 4.96. The fraction of sp³-hybridized carbons (Fsp3) is 0.400. The summed E-state index contributed by atoms with van der Waals surface area (Å²) in [5, 5.41) is 18.4. The normalized spacial score (nSPS) is 10.7. The van der Waals surface area contributed by atoms with E-state index >= 15 is 0 Å². The van der Waals surface area contributed by atoms with E-state index in [1.54, 1.807) is 30.8 Å². The van der Waals surface area contributed by atoms with Gasteiger partial charge in [0.1, 0.15) is 11.4 Å². The van der Waals surface area contributed by atoms with Crippen LogP contribution in [0, 0.1) is 24.0 Å². The molecule has 1 aromatic carbocycles. The standard InChI is InChI=1S/C15H19N3O3S/c1-10-15(11(2)21-17-10)12-5-6-13(14(9-12)18(19)20)16-7-4-8-22-3/h5-6,9,16H,4,7-8H2,1-3H3. The minimum absolute atomic E-state index is 0.0710. The Hall–Kier alpha value is -2.02. The maximum absolute atomic E-state index is 11.3. The molecule has 6 nitrogen and oxygen atoms in total. The molecule has 1 aromatic heterocycles. The first-order valence-corrected chi connectivity index (χ1v) is 8.38. The molecule has 0 unspecified atom stereocenters. The first kappa shape index (κ1) is 16.4. The number of nitrogens with zero attached hydrogens (tertiary/aromatic N) is 2. The second kappa shape index (κ2) is 7.31. The zero-order valence-electron chi connectivity index (χ0n) is 12.9. The molecule has 2 rings (SSSR count). The van der Waals surface area contributed by atoms with Crippen LogP contribution in [0.5, 0.6) is 0 Å². The lowest BCUT2D eigenvalue weighted by molar-refractivity contribution is -0.383. The summed E-state index contributed by atoms with van der Waals surface area (Å²) in [6.07, 6.45) is 3.00.